The number of anilines is 1. The summed E-state index contributed by atoms with van der Waals surface area (Å²) < 4.78 is 28.8. The maximum absolute atomic E-state index is 12.7. The van der Waals surface area contributed by atoms with E-state index < -0.39 is 15.9 Å². The predicted octanol–water partition coefficient (Wildman–Crippen LogP) is 3.53. The van der Waals surface area contributed by atoms with Gasteiger partial charge in [-0.2, -0.15) is 0 Å². The summed E-state index contributed by atoms with van der Waals surface area (Å²) in [6, 6.07) is 5.24. The molecule has 1 amide bonds. The van der Waals surface area contributed by atoms with Crippen molar-refractivity contribution in [1.29, 1.82) is 0 Å². The molecule has 126 valence electrons. The van der Waals surface area contributed by atoms with E-state index >= 15 is 0 Å². The number of aryl methyl sites for hydroxylation is 2. The standard InChI is InChI=1S/C14H12ClN3O3S3/c1-6-9-5-8(15)3-4-10(9)22-13(6)24(20,21)18-14-17-7(2)11(23-14)12(16)19/h3-5H,1-2H3,(H2,16,19)(H,17,18). The summed E-state index contributed by atoms with van der Waals surface area (Å²) in [6.07, 6.45) is 0. The maximum Gasteiger partial charge on any atom is 0.273 e. The third kappa shape index (κ3) is 3.00. The van der Waals surface area contributed by atoms with Crippen LogP contribution < -0.4 is 10.5 Å². The Morgan fingerprint density at radius 3 is 2.62 bits per heavy atom. The lowest BCUT2D eigenvalue weighted by Crippen LogP contribution is -2.12. The van der Waals surface area contributed by atoms with Crippen molar-refractivity contribution in [2.45, 2.75) is 18.1 Å². The minimum absolute atomic E-state index is 0.108. The quantitative estimate of drug-likeness (QED) is 0.697. The van der Waals surface area contributed by atoms with Crippen molar-refractivity contribution in [2.75, 3.05) is 4.72 Å². The number of fused-ring (bicyclic) bond motifs is 1. The molecule has 0 aliphatic rings. The molecule has 0 saturated carbocycles. The van der Waals surface area contributed by atoms with Crippen LogP contribution in [0.1, 0.15) is 20.9 Å². The van der Waals surface area contributed by atoms with E-state index in [9.17, 15) is 13.2 Å². The molecular weight excluding hydrogens is 390 g/mol. The second kappa shape index (κ2) is 5.99. The Morgan fingerprint density at radius 2 is 2.00 bits per heavy atom. The van der Waals surface area contributed by atoms with Gasteiger partial charge in [0.1, 0.15) is 9.09 Å². The Bertz CT molecular complexity index is 1070. The van der Waals surface area contributed by atoms with Gasteiger partial charge in [0, 0.05) is 9.72 Å². The number of nitrogens with two attached hydrogens (primary N) is 1. The molecule has 2 aromatic heterocycles. The summed E-state index contributed by atoms with van der Waals surface area (Å²) in [6.45, 7) is 3.33. The Labute approximate surface area is 151 Å². The molecule has 2 heterocycles. The van der Waals surface area contributed by atoms with E-state index in [2.05, 4.69) is 9.71 Å². The average molecular weight is 402 g/mol. The molecule has 3 rings (SSSR count). The fourth-order valence-electron chi connectivity index (χ4n) is 2.26. The number of carbonyl (C=O) groups is 1. The molecule has 0 radical (unpaired) electrons. The molecule has 0 unspecified atom stereocenters. The van der Waals surface area contributed by atoms with Gasteiger partial charge in [-0.05, 0) is 43.0 Å². The first-order valence-corrected chi connectivity index (χ1v) is 10.2. The molecule has 6 nitrogen and oxygen atoms in total. The Hall–Kier alpha value is -1.68. The largest absolute Gasteiger partial charge is 0.365 e. The first-order valence-electron chi connectivity index (χ1n) is 6.68. The van der Waals surface area contributed by atoms with Crippen LogP contribution in [0.5, 0.6) is 0 Å². The van der Waals surface area contributed by atoms with Crippen molar-refractivity contribution in [2.24, 2.45) is 5.73 Å². The molecule has 24 heavy (non-hydrogen) atoms. The minimum atomic E-state index is -3.83. The lowest BCUT2D eigenvalue weighted by Gasteiger charge is -2.03. The number of hydrogen-bond donors (Lipinski definition) is 2. The maximum atomic E-state index is 12.7. The first kappa shape index (κ1) is 17.2. The van der Waals surface area contributed by atoms with Crippen LogP contribution in [0.4, 0.5) is 5.13 Å². The number of nitrogens with zero attached hydrogens (tertiary/aromatic N) is 1. The van der Waals surface area contributed by atoms with E-state index in [-0.39, 0.29) is 14.2 Å². The smallest absolute Gasteiger partial charge is 0.273 e. The summed E-state index contributed by atoms with van der Waals surface area (Å²) >= 11 is 8.05. The molecule has 0 spiro atoms. The van der Waals surface area contributed by atoms with Gasteiger partial charge in [0.2, 0.25) is 0 Å². The highest BCUT2D eigenvalue weighted by Gasteiger charge is 2.24. The van der Waals surface area contributed by atoms with Crippen molar-refractivity contribution in [3.05, 3.63) is 39.4 Å². The number of primary amides is 1. The Kier molecular flexibility index (Phi) is 4.28. The fourth-order valence-corrected chi connectivity index (χ4v) is 6.23. The molecule has 0 fully saturated rings. The van der Waals surface area contributed by atoms with Gasteiger partial charge in [0.25, 0.3) is 15.9 Å². The van der Waals surface area contributed by atoms with Crippen LogP contribution in [0.15, 0.2) is 22.4 Å². The summed E-state index contributed by atoms with van der Waals surface area (Å²) in [5, 5.41) is 1.44. The number of carbonyl (C=O) groups excluding carboxylic acids is 1. The zero-order valence-electron chi connectivity index (χ0n) is 12.6. The van der Waals surface area contributed by atoms with Gasteiger partial charge in [-0.1, -0.05) is 22.9 Å². The van der Waals surface area contributed by atoms with Gasteiger partial charge in [-0.15, -0.1) is 11.3 Å². The van der Waals surface area contributed by atoms with Crippen LogP contribution in [0.3, 0.4) is 0 Å². The number of thiazole rings is 1. The molecule has 3 aromatic rings. The van der Waals surface area contributed by atoms with Crippen LogP contribution in [0.2, 0.25) is 5.02 Å². The van der Waals surface area contributed by atoms with E-state index in [1.165, 1.54) is 0 Å². The first-order chi connectivity index (χ1) is 11.2. The number of aromatic nitrogens is 1. The zero-order chi connectivity index (χ0) is 17.6. The van der Waals surface area contributed by atoms with Crippen molar-refractivity contribution in [3.8, 4) is 0 Å². The zero-order valence-corrected chi connectivity index (χ0v) is 15.8. The van der Waals surface area contributed by atoms with Gasteiger partial charge in [-0.3, -0.25) is 9.52 Å². The number of nitrogens with one attached hydrogen (secondary N) is 1. The molecule has 10 heteroatoms. The van der Waals surface area contributed by atoms with Crippen LogP contribution in [-0.2, 0) is 10.0 Å². The lowest BCUT2D eigenvalue weighted by atomic mass is 10.2. The summed E-state index contributed by atoms with van der Waals surface area (Å²) in [4.78, 5) is 15.6. The van der Waals surface area contributed by atoms with Gasteiger partial charge >= 0.3 is 0 Å². The van der Waals surface area contributed by atoms with Crippen LogP contribution in [-0.4, -0.2) is 19.3 Å². The number of sulfonamides is 1. The topological polar surface area (TPSA) is 102 Å². The molecule has 0 saturated heterocycles. The SMILES string of the molecule is Cc1nc(NS(=O)(=O)c2sc3ccc(Cl)cc3c2C)sc1C(N)=O. The van der Waals surface area contributed by atoms with E-state index in [0.717, 1.165) is 32.8 Å². The molecular formula is C14H12ClN3O3S3. The van der Waals surface area contributed by atoms with Crippen LogP contribution >= 0.6 is 34.3 Å². The molecule has 0 bridgehead atoms. The summed E-state index contributed by atoms with van der Waals surface area (Å²) in [7, 11) is -3.83. The molecule has 1 aromatic carbocycles. The minimum Gasteiger partial charge on any atom is -0.365 e. The Balaban J connectivity index is 2.04. The number of amides is 1. The van der Waals surface area contributed by atoms with Crippen LogP contribution in [0.25, 0.3) is 10.1 Å². The van der Waals surface area contributed by atoms with Crippen molar-refractivity contribution >= 4 is 65.4 Å². The van der Waals surface area contributed by atoms with Crippen molar-refractivity contribution in [3.63, 3.8) is 0 Å². The van der Waals surface area contributed by atoms with E-state index in [1.54, 1.807) is 32.0 Å². The van der Waals surface area contributed by atoms with Gasteiger partial charge in [0.15, 0.2) is 5.13 Å². The fraction of sp³-hybridized carbons (Fsp3) is 0.143. The highest BCUT2D eigenvalue weighted by Crippen LogP contribution is 2.36. The number of benzene rings is 1. The van der Waals surface area contributed by atoms with Crippen LogP contribution in [0, 0.1) is 13.8 Å². The normalized spacial score (nSPS) is 11.8. The predicted molar refractivity (Wildman–Crippen MR) is 97.7 cm³/mol. The molecule has 0 aliphatic carbocycles. The molecule has 3 N–H and O–H groups in total. The second-order valence-electron chi connectivity index (χ2n) is 5.06. The number of rotatable bonds is 4. The highest BCUT2D eigenvalue weighted by molar-refractivity contribution is 7.95. The van der Waals surface area contributed by atoms with Crippen molar-refractivity contribution < 1.29 is 13.2 Å². The number of thiophene rings is 1. The van der Waals surface area contributed by atoms with Gasteiger partial charge in [-0.25, -0.2) is 13.4 Å². The third-order valence-corrected chi connectivity index (χ3v) is 8.02. The van der Waals surface area contributed by atoms with Gasteiger partial charge in [0.05, 0.1) is 5.69 Å². The highest BCUT2D eigenvalue weighted by atomic mass is 35.5. The lowest BCUT2D eigenvalue weighted by molar-refractivity contribution is 0.100. The number of halogens is 1. The average Bonchev–Trinajstić information content (AvgIpc) is 3.00. The Morgan fingerprint density at radius 1 is 1.29 bits per heavy atom. The third-order valence-electron chi connectivity index (χ3n) is 3.34. The van der Waals surface area contributed by atoms with E-state index in [1.807, 2.05) is 0 Å². The second-order valence-corrected chi connectivity index (χ2v) is 9.42. The summed E-state index contributed by atoms with van der Waals surface area (Å²) in [5.41, 5.74) is 6.25. The summed E-state index contributed by atoms with van der Waals surface area (Å²) in [5.74, 6) is -0.636. The van der Waals surface area contributed by atoms with Gasteiger partial charge < -0.3 is 5.73 Å². The van der Waals surface area contributed by atoms with E-state index in [0.29, 0.717) is 16.3 Å². The number of hydrogen-bond acceptors (Lipinski definition) is 6. The van der Waals surface area contributed by atoms with Crippen molar-refractivity contribution in [1.82, 2.24) is 4.98 Å². The van der Waals surface area contributed by atoms with E-state index in [4.69, 9.17) is 17.3 Å². The monoisotopic (exact) mass is 401 g/mol. The molecule has 0 aliphatic heterocycles. The molecule has 0 atom stereocenters.